The molecule has 1 aromatic carbocycles. The van der Waals surface area contributed by atoms with E-state index in [1.165, 1.54) is 19.3 Å². The Morgan fingerprint density at radius 2 is 2.05 bits per heavy atom. The van der Waals surface area contributed by atoms with E-state index in [0.29, 0.717) is 0 Å². The predicted octanol–water partition coefficient (Wildman–Crippen LogP) is 4.75. The predicted molar refractivity (Wildman–Crippen MR) is 86.4 cm³/mol. The van der Waals surface area contributed by atoms with Gasteiger partial charge in [0.05, 0.1) is 13.2 Å². The van der Waals surface area contributed by atoms with Crippen molar-refractivity contribution in [3.63, 3.8) is 0 Å². The highest BCUT2D eigenvalue weighted by Crippen LogP contribution is 2.34. The number of methoxy groups -OCH3 is 1. The summed E-state index contributed by atoms with van der Waals surface area (Å²) >= 11 is 0. The number of benzene rings is 1. The average molecular weight is 286 g/mol. The van der Waals surface area contributed by atoms with Crippen LogP contribution in [-0.4, -0.2) is 12.6 Å². The van der Waals surface area contributed by atoms with Gasteiger partial charge in [-0.15, -0.1) is 0 Å². The van der Waals surface area contributed by atoms with Gasteiger partial charge in [0.15, 0.2) is 0 Å². The summed E-state index contributed by atoms with van der Waals surface area (Å²) in [7, 11) is 1.67. The molecule has 0 aromatic heterocycles. The van der Waals surface area contributed by atoms with Crippen molar-refractivity contribution < 1.29 is 4.74 Å². The monoisotopic (exact) mass is 286 g/mol. The number of nitrogens with one attached hydrogen (secondary N) is 1. The van der Waals surface area contributed by atoms with Gasteiger partial charge >= 0.3 is 0 Å². The van der Waals surface area contributed by atoms with Crippen LogP contribution in [0.3, 0.4) is 0 Å². The fraction of sp³-hybridized carbons (Fsp3) is 0.611. The molecule has 1 aromatic rings. The second kappa shape index (κ2) is 7.36. The van der Waals surface area contributed by atoms with Crippen molar-refractivity contribution in [2.45, 2.75) is 57.4 Å². The molecule has 0 saturated heterocycles. The van der Waals surface area contributed by atoms with E-state index in [9.17, 15) is 5.26 Å². The lowest BCUT2D eigenvalue weighted by molar-refractivity contribution is 0.414. The van der Waals surface area contributed by atoms with Crippen LogP contribution in [0.2, 0.25) is 0 Å². The summed E-state index contributed by atoms with van der Waals surface area (Å²) in [5.41, 5.74) is 0.600. The lowest BCUT2D eigenvalue weighted by Crippen LogP contribution is -2.36. The van der Waals surface area contributed by atoms with Gasteiger partial charge in [0.2, 0.25) is 0 Å². The van der Waals surface area contributed by atoms with Crippen molar-refractivity contribution in [3.05, 3.63) is 24.3 Å². The second-order valence-electron chi connectivity index (χ2n) is 6.13. The molecule has 2 rings (SSSR count). The van der Waals surface area contributed by atoms with E-state index in [2.05, 4.69) is 18.3 Å². The molecule has 2 unspecified atom stereocenters. The van der Waals surface area contributed by atoms with Crippen LogP contribution in [0.25, 0.3) is 0 Å². The molecule has 1 aliphatic rings. The van der Waals surface area contributed by atoms with Crippen molar-refractivity contribution >= 4 is 5.69 Å². The van der Waals surface area contributed by atoms with Gasteiger partial charge in [-0.1, -0.05) is 26.2 Å². The first-order valence-corrected chi connectivity index (χ1v) is 8.05. The highest BCUT2D eigenvalue weighted by atomic mass is 16.5. The summed E-state index contributed by atoms with van der Waals surface area (Å²) in [5, 5.41) is 13.2. The van der Waals surface area contributed by atoms with E-state index >= 15 is 0 Å². The number of nitrogens with zero attached hydrogens (tertiary/aromatic N) is 1. The number of rotatable bonds is 5. The Morgan fingerprint density at radius 3 is 2.67 bits per heavy atom. The highest BCUT2D eigenvalue weighted by Gasteiger charge is 2.33. The maximum absolute atomic E-state index is 9.71. The Balaban J connectivity index is 2.05. The summed E-state index contributed by atoms with van der Waals surface area (Å²) < 4.78 is 5.18. The van der Waals surface area contributed by atoms with E-state index in [4.69, 9.17) is 4.74 Å². The van der Waals surface area contributed by atoms with E-state index in [1.54, 1.807) is 7.11 Å². The van der Waals surface area contributed by atoms with Gasteiger partial charge in [-0.05, 0) is 55.9 Å². The third-order valence-electron chi connectivity index (χ3n) is 4.58. The van der Waals surface area contributed by atoms with Crippen molar-refractivity contribution in [1.82, 2.24) is 0 Å². The van der Waals surface area contributed by atoms with Crippen molar-refractivity contribution in [1.29, 1.82) is 5.26 Å². The SMILES string of the molecule is CCCC1CCCC(C#N)(Nc2ccc(OC)cc2)CC1. The summed E-state index contributed by atoms with van der Waals surface area (Å²) in [5.74, 6) is 1.64. The zero-order chi connectivity index (χ0) is 15.1. The van der Waals surface area contributed by atoms with Gasteiger partial charge in [-0.25, -0.2) is 0 Å². The maximum atomic E-state index is 9.71. The molecule has 0 bridgehead atoms. The molecule has 0 radical (unpaired) electrons. The van der Waals surface area contributed by atoms with Gasteiger partial charge in [0.1, 0.15) is 11.3 Å². The minimum Gasteiger partial charge on any atom is -0.497 e. The lowest BCUT2D eigenvalue weighted by atomic mass is 9.90. The van der Waals surface area contributed by atoms with E-state index < -0.39 is 5.54 Å². The smallest absolute Gasteiger partial charge is 0.125 e. The summed E-state index contributed by atoms with van der Waals surface area (Å²) in [6.07, 6.45) is 7.99. The van der Waals surface area contributed by atoms with Crippen molar-refractivity contribution in [3.8, 4) is 11.8 Å². The normalized spacial score (nSPS) is 25.7. The molecular weight excluding hydrogens is 260 g/mol. The zero-order valence-electron chi connectivity index (χ0n) is 13.2. The fourth-order valence-electron chi connectivity index (χ4n) is 3.32. The van der Waals surface area contributed by atoms with Crippen LogP contribution < -0.4 is 10.1 Å². The number of nitriles is 1. The van der Waals surface area contributed by atoms with Crippen LogP contribution in [0.1, 0.15) is 51.9 Å². The quantitative estimate of drug-likeness (QED) is 0.794. The van der Waals surface area contributed by atoms with Gasteiger partial charge in [0.25, 0.3) is 0 Å². The van der Waals surface area contributed by atoms with Gasteiger partial charge in [-0.3, -0.25) is 0 Å². The maximum Gasteiger partial charge on any atom is 0.125 e. The average Bonchev–Trinajstić information content (AvgIpc) is 2.72. The Hall–Kier alpha value is -1.69. The molecule has 1 saturated carbocycles. The largest absolute Gasteiger partial charge is 0.497 e. The molecule has 0 heterocycles. The topological polar surface area (TPSA) is 45.0 Å². The standard InChI is InChI=1S/C18H26N2O/c1-3-5-15-6-4-12-18(14-19,13-11-15)20-16-7-9-17(21-2)10-8-16/h7-10,15,20H,3-6,11-13H2,1-2H3. The van der Waals surface area contributed by atoms with Crippen molar-refractivity contribution in [2.24, 2.45) is 5.92 Å². The number of anilines is 1. The van der Waals surface area contributed by atoms with Crippen LogP contribution in [0.5, 0.6) is 5.75 Å². The van der Waals surface area contributed by atoms with E-state index in [1.807, 2.05) is 24.3 Å². The van der Waals surface area contributed by atoms with Gasteiger partial charge < -0.3 is 10.1 Å². The molecule has 21 heavy (non-hydrogen) atoms. The summed E-state index contributed by atoms with van der Waals surface area (Å²) in [6, 6.07) is 10.4. The molecule has 3 nitrogen and oxygen atoms in total. The lowest BCUT2D eigenvalue weighted by Gasteiger charge is -2.28. The molecule has 1 aliphatic carbocycles. The molecule has 1 N–H and O–H groups in total. The molecule has 1 fully saturated rings. The third-order valence-corrected chi connectivity index (χ3v) is 4.58. The first kappa shape index (κ1) is 15.7. The molecule has 0 spiro atoms. The van der Waals surface area contributed by atoms with Crippen LogP contribution in [-0.2, 0) is 0 Å². The number of hydrogen-bond donors (Lipinski definition) is 1. The molecule has 114 valence electrons. The Kier molecular flexibility index (Phi) is 5.50. The Morgan fingerprint density at radius 1 is 1.29 bits per heavy atom. The molecular formula is C18H26N2O. The van der Waals surface area contributed by atoms with Crippen LogP contribution >= 0.6 is 0 Å². The minimum atomic E-state index is -0.406. The number of hydrogen-bond acceptors (Lipinski definition) is 3. The molecule has 3 heteroatoms. The fourth-order valence-corrected chi connectivity index (χ4v) is 3.32. The molecule has 2 atom stereocenters. The van der Waals surface area contributed by atoms with Gasteiger partial charge in [0, 0.05) is 5.69 Å². The number of ether oxygens (including phenoxy) is 1. The zero-order valence-corrected chi connectivity index (χ0v) is 13.2. The second-order valence-corrected chi connectivity index (χ2v) is 6.13. The first-order valence-electron chi connectivity index (χ1n) is 8.05. The van der Waals surface area contributed by atoms with E-state index in [0.717, 1.165) is 43.0 Å². The third kappa shape index (κ3) is 4.14. The van der Waals surface area contributed by atoms with Crippen LogP contribution in [0, 0.1) is 17.2 Å². The summed E-state index contributed by atoms with van der Waals surface area (Å²) in [4.78, 5) is 0. The first-order chi connectivity index (χ1) is 10.2. The van der Waals surface area contributed by atoms with Gasteiger partial charge in [-0.2, -0.15) is 5.26 Å². The molecule has 0 amide bonds. The minimum absolute atomic E-state index is 0.406. The van der Waals surface area contributed by atoms with Crippen molar-refractivity contribution in [2.75, 3.05) is 12.4 Å². The molecule has 0 aliphatic heterocycles. The van der Waals surface area contributed by atoms with Crippen LogP contribution in [0.15, 0.2) is 24.3 Å². The summed E-state index contributed by atoms with van der Waals surface area (Å²) in [6.45, 7) is 2.25. The highest BCUT2D eigenvalue weighted by molar-refractivity contribution is 5.50. The van der Waals surface area contributed by atoms with Crippen LogP contribution in [0.4, 0.5) is 5.69 Å². The van der Waals surface area contributed by atoms with E-state index in [-0.39, 0.29) is 0 Å². The Labute approximate surface area is 128 Å². The Bertz CT molecular complexity index is 477.